The fourth-order valence-corrected chi connectivity index (χ4v) is 3.72. The van der Waals surface area contributed by atoms with Crippen molar-refractivity contribution in [1.82, 2.24) is 9.88 Å². The highest BCUT2D eigenvalue weighted by Gasteiger charge is 2.34. The maximum Gasteiger partial charge on any atom is 0.227 e. The highest BCUT2D eigenvalue weighted by molar-refractivity contribution is 7.13. The van der Waals surface area contributed by atoms with Gasteiger partial charge in [0.2, 0.25) is 5.91 Å². The highest BCUT2D eigenvalue weighted by Crippen LogP contribution is 2.27. The van der Waals surface area contributed by atoms with Gasteiger partial charge in [-0.15, -0.1) is 11.3 Å². The molecule has 1 aromatic heterocycles. The van der Waals surface area contributed by atoms with Gasteiger partial charge in [-0.1, -0.05) is 6.42 Å². The first kappa shape index (κ1) is 12.9. The second-order valence-electron chi connectivity index (χ2n) is 5.33. The zero-order valence-electron chi connectivity index (χ0n) is 11.0. The lowest BCUT2D eigenvalue weighted by atomic mass is 10.0. The Balaban J connectivity index is 1.56. The van der Waals surface area contributed by atoms with Gasteiger partial charge >= 0.3 is 0 Å². The molecule has 104 valence electrons. The van der Waals surface area contributed by atoms with Crippen LogP contribution in [0.15, 0.2) is 11.6 Å². The molecule has 6 heteroatoms. The van der Waals surface area contributed by atoms with Gasteiger partial charge in [0, 0.05) is 43.8 Å². The van der Waals surface area contributed by atoms with Gasteiger partial charge in [-0.3, -0.25) is 4.79 Å². The highest BCUT2D eigenvalue weighted by atomic mass is 32.1. The van der Waals surface area contributed by atoms with E-state index in [-0.39, 0.29) is 17.9 Å². The number of thiazole rings is 1. The van der Waals surface area contributed by atoms with Crippen molar-refractivity contribution in [2.45, 2.75) is 25.3 Å². The van der Waals surface area contributed by atoms with Gasteiger partial charge in [-0.2, -0.15) is 0 Å². The summed E-state index contributed by atoms with van der Waals surface area (Å²) in [5.74, 6) is 0.329. The molecule has 2 unspecified atom stereocenters. The summed E-state index contributed by atoms with van der Waals surface area (Å²) in [6.45, 7) is 3.34. The minimum Gasteiger partial charge on any atom is -0.345 e. The number of piperazine rings is 1. The minimum absolute atomic E-state index is 0.0615. The number of rotatable bonds is 2. The van der Waals surface area contributed by atoms with Crippen LogP contribution >= 0.6 is 11.3 Å². The molecule has 2 N–H and O–H groups in total. The van der Waals surface area contributed by atoms with Crippen LogP contribution in [0.4, 0.5) is 5.13 Å². The molecule has 0 aromatic carbocycles. The third kappa shape index (κ3) is 2.60. The molecule has 1 aliphatic heterocycles. The first-order chi connectivity index (χ1) is 9.25. The van der Waals surface area contributed by atoms with E-state index in [4.69, 9.17) is 5.73 Å². The maximum absolute atomic E-state index is 12.4. The molecular weight excluding hydrogens is 260 g/mol. The maximum atomic E-state index is 12.4. The molecule has 1 aromatic rings. The number of hydrogen-bond acceptors (Lipinski definition) is 5. The molecule has 0 radical (unpaired) electrons. The fraction of sp³-hybridized carbons (Fsp3) is 0.692. The van der Waals surface area contributed by atoms with Crippen molar-refractivity contribution in [2.75, 3.05) is 31.1 Å². The molecule has 19 heavy (non-hydrogen) atoms. The van der Waals surface area contributed by atoms with Crippen molar-refractivity contribution < 1.29 is 4.79 Å². The van der Waals surface area contributed by atoms with E-state index in [2.05, 4.69) is 9.88 Å². The molecule has 2 aliphatic rings. The van der Waals surface area contributed by atoms with E-state index in [1.54, 1.807) is 11.3 Å². The van der Waals surface area contributed by atoms with E-state index < -0.39 is 0 Å². The number of amides is 1. The summed E-state index contributed by atoms with van der Waals surface area (Å²) < 4.78 is 0. The first-order valence-corrected chi connectivity index (χ1v) is 7.82. The van der Waals surface area contributed by atoms with Crippen LogP contribution in [0, 0.1) is 5.92 Å². The predicted molar refractivity (Wildman–Crippen MR) is 76.2 cm³/mol. The largest absolute Gasteiger partial charge is 0.345 e. The quantitative estimate of drug-likeness (QED) is 0.875. The van der Waals surface area contributed by atoms with E-state index in [0.29, 0.717) is 0 Å². The monoisotopic (exact) mass is 280 g/mol. The van der Waals surface area contributed by atoms with Crippen molar-refractivity contribution in [3.05, 3.63) is 11.6 Å². The van der Waals surface area contributed by atoms with Crippen molar-refractivity contribution in [1.29, 1.82) is 0 Å². The van der Waals surface area contributed by atoms with Crippen molar-refractivity contribution in [3.8, 4) is 0 Å². The van der Waals surface area contributed by atoms with E-state index in [0.717, 1.165) is 50.6 Å². The molecule has 0 spiro atoms. The lowest BCUT2D eigenvalue weighted by Crippen LogP contribution is -2.52. The van der Waals surface area contributed by atoms with E-state index in [1.165, 1.54) is 0 Å². The Morgan fingerprint density at radius 3 is 2.68 bits per heavy atom. The van der Waals surface area contributed by atoms with Crippen LogP contribution in [0.5, 0.6) is 0 Å². The Morgan fingerprint density at radius 1 is 1.32 bits per heavy atom. The summed E-state index contributed by atoms with van der Waals surface area (Å²) in [6, 6.07) is 0.0736. The molecule has 2 atom stereocenters. The Hall–Kier alpha value is -1.14. The lowest BCUT2D eigenvalue weighted by Gasteiger charge is -2.36. The van der Waals surface area contributed by atoms with Gasteiger partial charge in [0.05, 0.1) is 5.92 Å². The number of carbonyl (C=O) groups excluding carboxylic acids is 1. The summed E-state index contributed by atoms with van der Waals surface area (Å²) in [4.78, 5) is 21.0. The molecule has 1 saturated heterocycles. The smallest absolute Gasteiger partial charge is 0.227 e. The molecule has 5 nitrogen and oxygen atoms in total. The molecular formula is C13H20N4OS. The molecule has 0 bridgehead atoms. The zero-order chi connectivity index (χ0) is 13.2. The Morgan fingerprint density at radius 2 is 2.11 bits per heavy atom. The zero-order valence-corrected chi connectivity index (χ0v) is 11.8. The van der Waals surface area contributed by atoms with Crippen LogP contribution < -0.4 is 10.6 Å². The molecule has 1 amide bonds. The predicted octanol–water partition coefficient (Wildman–Crippen LogP) is 0.919. The summed E-state index contributed by atoms with van der Waals surface area (Å²) in [6.07, 6.45) is 4.88. The number of nitrogens with two attached hydrogens (primary N) is 1. The second kappa shape index (κ2) is 5.46. The van der Waals surface area contributed by atoms with Crippen LogP contribution in [-0.4, -0.2) is 48.0 Å². The number of carbonyl (C=O) groups is 1. The standard InChI is InChI=1S/C13H20N4OS/c14-11-3-1-2-10(11)12(18)16-5-7-17(8-6-16)13-15-4-9-19-13/h4,9-11H,1-3,5-8,14H2. The first-order valence-electron chi connectivity index (χ1n) is 6.94. The summed E-state index contributed by atoms with van der Waals surface area (Å²) >= 11 is 1.66. The van der Waals surface area contributed by atoms with Gasteiger partial charge < -0.3 is 15.5 Å². The summed E-state index contributed by atoms with van der Waals surface area (Å²) in [5, 5.41) is 3.05. The van der Waals surface area contributed by atoms with Gasteiger partial charge in [-0.25, -0.2) is 4.98 Å². The van der Waals surface area contributed by atoms with E-state index in [9.17, 15) is 4.79 Å². The van der Waals surface area contributed by atoms with Gasteiger partial charge in [0.1, 0.15) is 0 Å². The Kier molecular flexibility index (Phi) is 3.70. The second-order valence-corrected chi connectivity index (χ2v) is 6.20. The van der Waals surface area contributed by atoms with Crippen molar-refractivity contribution in [2.24, 2.45) is 11.7 Å². The number of anilines is 1. The third-order valence-electron chi connectivity index (χ3n) is 4.17. The van der Waals surface area contributed by atoms with Crippen LogP contribution in [-0.2, 0) is 4.79 Å². The van der Waals surface area contributed by atoms with E-state index in [1.807, 2.05) is 16.5 Å². The lowest BCUT2D eigenvalue weighted by molar-refractivity contribution is -0.136. The number of aromatic nitrogens is 1. The average molecular weight is 280 g/mol. The van der Waals surface area contributed by atoms with Crippen LogP contribution in [0.25, 0.3) is 0 Å². The molecule has 2 fully saturated rings. The number of nitrogens with zero attached hydrogens (tertiary/aromatic N) is 3. The topological polar surface area (TPSA) is 62.5 Å². The van der Waals surface area contributed by atoms with E-state index >= 15 is 0 Å². The molecule has 1 aliphatic carbocycles. The van der Waals surface area contributed by atoms with Crippen LogP contribution in [0.2, 0.25) is 0 Å². The normalized spacial score (nSPS) is 27.8. The SMILES string of the molecule is NC1CCCC1C(=O)N1CCN(c2nccs2)CC1. The Bertz CT molecular complexity index is 428. The van der Waals surface area contributed by atoms with Crippen LogP contribution in [0.3, 0.4) is 0 Å². The average Bonchev–Trinajstić information content (AvgIpc) is 3.09. The molecule has 3 rings (SSSR count). The fourth-order valence-electron chi connectivity index (χ4n) is 3.02. The third-order valence-corrected chi connectivity index (χ3v) is 5.00. The van der Waals surface area contributed by atoms with Crippen molar-refractivity contribution >= 4 is 22.4 Å². The summed E-state index contributed by atoms with van der Waals surface area (Å²) in [5.41, 5.74) is 6.02. The van der Waals surface area contributed by atoms with Gasteiger partial charge in [-0.05, 0) is 12.8 Å². The Labute approximate surface area is 117 Å². The van der Waals surface area contributed by atoms with Crippen LogP contribution in [0.1, 0.15) is 19.3 Å². The van der Waals surface area contributed by atoms with Crippen molar-refractivity contribution in [3.63, 3.8) is 0 Å². The van der Waals surface area contributed by atoms with Gasteiger partial charge in [0.25, 0.3) is 0 Å². The van der Waals surface area contributed by atoms with Gasteiger partial charge in [0.15, 0.2) is 5.13 Å². The number of hydrogen-bond donors (Lipinski definition) is 1. The minimum atomic E-state index is 0.0615. The molecule has 1 saturated carbocycles. The summed E-state index contributed by atoms with van der Waals surface area (Å²) in [7, 11) is 0. The molecule has 2 heterocycles.